The number of likely N-dealkylation sites (tertiary alicyclic amines) is 1. The molecule has 2 aliphatic heterocycles. The van der Waals surface area contributed by atoms with Crippen LogP contribution in [0.2, 0.25) is 0 Å². The third-order valence-corrected chi connectivity index (χ3v) is 5.43. The fourth-order valence-electron chi connectivity index (χ4n) is 3.02. The van der Waals surface area contributed by atoms with Crippen molar-refractivity contribution < 1.29 is 0 Å². The molecule has 2 rings (SSSR count). The topological polar surface area (TPSA) is 29.3 Å². The lowest BCUT2D eigenvalue weighted by atomic mass is 9.91. The lowest BCUT2D eigenvalue weighted by Crippen LogP contribution is -2.50. The van der Waals surface area contributed by atoms with Crippen molar-refractivity contribution in [3.05, 3.63) is 0 Å². The minimum atomic E-state index is 0.749. The summed E-state index contributed by atoms with van der Waals surface area (Å²) in [6, 6.07) is 1.60. The maximum atomic E-state index is 5.81. The van der Waals surface area contributed by atoms with Crippen molar-refractivity contribution in [2.24, 2.45) is 11.7 Å². The smallest absolute Gasteiger partial charge is 0.0222 e. The summed E-state index contributed by atoms with van der Waals surface area (Å²) >= 11 is 2.14. The Morgan fingerprint density at radius 3 is 2.67 bits per heavy atom. The number of rotatable bonds is 2. The Morgan fingerprint density at radius 1 is 1.27 bits per heavy atom. The Balaban J connectivity index is 1.98. The van der Waals surface area contributed by atoms with E-state index < -0.39 is 0 Å². The zero-order valence-electron chi connectivity index (χ0n) is 9.98. The quantitative estimate of drug-likeness (QED) is 0.783. The summed E-state index contributed by atoms with van der Waals surface area (Å²) in [5.41, 5.74) is 5.81. The summed E-state index contributed by atoms with van der Waals surface area (Å²) in [7, 11) is 0. The van der Waals surface area contributed by atoms with Crippen LogP contribution >= 0.6 is 11.8 Å². The second kappa shape index (κ2) is 5.07. The Morgan fingerprint density at radius 2 is 2.07 bits per heavy atom. The first-order chi connectivity index (χ1) is 7.22. The number of hydrogen-bond donors (Lipinski definition) is 1. The molecular weight excluding hydrogens is 204 g/mol. The Bertz CT molecular complexity index is 210. The van der Waals surface area contributed by atoms with Crippen LogP contribution in [0.4, 0.5) is 0 Å². The van der Waals surface area contributed by atoms with E-state index in [4.69, 9.17) is 5.73 Å². The van der Waals surface area contributed by atoms with Crippen molar-refractivity contribution in [1.82, 2.24) is 4.90 Å². The maximum Gasteiger partial charge on any atom is 0.0222 e. The van der Waals surface area contributed by atoms with Gasteiger partial charge in [-0.2, -0.15) is 11.8 Å². The Hall–Kier alpha value is 0.270. The standard InChI is InChI=1S/C12H24N2S/c1-9-3-4-11(7-13)8-14(9)12-5-6-15-10(12)2/h9-12H,3-8,13H2,1-2H3. The molecule has 2 aliphatic rings. The van der Waals surface area contributed by atoms with E-state index in [0.717, 1.165) is 29.8 Å². The van der Waals surface area contributed by atoms with Crippen LogP contribution in [0.1, 0.15) is 33.1 Å². The highest BCUT2D eigenvalue weighted by Gasteiger charge is 2.35. The molecule has 3 heteroatoms. The van der Waals surface area contributed by atoms with Crippen molar-refractivity contribution in [2.75, 3.05) is 18.8 Å². The maximum absolute atomic E-state index is 5.81. The average molecular weight is 228 g/mol. The molecule has 4 atom stereocenters. The van der Waals surface area contributed by atoms with Gasteiger partial charge in [0.1, 0.15) is 0 Å². The van der Waals surface area contributed by atoms with Crippen LogP contribution in [0.15, 0.2) is 0 Å². The molecule has 4 unspecified atom stereocenters. The van der Waals surface area contributed by atoms with Gasteiger partial charge in [0.2, 0.25) is 0 Å². The van der Waals surface area contributed by atoms with Gasteiger partial charge >= 0.3 is 0 Å². The highest BCUT2D eigenvalue weighted by Crippen LogP contribution is 2.34. The van der Waals surface area contributed by atoms with Gasteiger partial charge in [-0.25, -0.2) is 0 Å². The second-order valence-electron chi connectivity index (χ2n) is 5.16. The molecule has 2 saturated heterocycles. The van der Waals surface area contributed by atoms with E-state index in [2.05, 4.69) is 30.5 Å². The van der Waals surface area contributed by atoms with Crippen LogP contribution in [-0.2, 0) is 0 Å². The van der Waals surface area contributed by atoms with Gasteiger partial charge < -0.3 is 5.73 Å². The molecule has 0 aromatic carbocycles. The molecule has 2 heterocycles. The van der Waals surface area contributed by atoms with Crippen LogP contribution in [-0.4, -0.2) is 41.1 Å². The first-order valence-corrected chi connectivity index (χ1v) is 7.34. The SMILES string of the molecule is CC1SCCC1N1CC(CN)CCC1C. The van der Waals surface area contributed by atoms with Gasteiger partial charge in [0.05, 0.1) is 0 Å². The molecular formula is C12H24N2S. The molecule has 2 N–H and O–H groups in total. The zero-order valence-corrected chi connectivity index (χ0v) is 10.8. The average Bonchev–Trinajstić information content (AvgIpc) is 2.65. The predicted octanol–water partition coefficient (Wildman–Crippen LogP) is 1.94. The van der Waals surface area contributed by atoms with E-state index in [-0.39, 0.29) is 0 Å². The summed E-state index contributed by atoms with van der Waals surface area (Å²) in [5.74, 6) is 2.10. The summed E-state index contributed by atoms with van der Waals surface area (Å²) in [4.78, 5) is 2.74. The molecule has 0 aliphatic carbocycles. The minimum Gasteiger partial charge on any atom is -0.330 e. The van der Waals surface area contributed by atoms with Gasteiger partial charge in [0.15, 0.2) is 0 Å². The zero-order chi connectivity index (χ0) is 10.8. The molecule has 0 aromatic rings. The third kappa shape index (κ3) is 2.51. The second-order valence-corrected chi connectivity index (χ2v) is 6.64. The molecule has 15 heavy (non-hydrogen) atoms. The van der Waals surface area contributed by atoms with Gasteiger partial charge in [0.25, 0.3) is 0 Å². The van der Waals surface area contributed by atoms with Gasteiger partial charge in [-0.3, -0.25) is 4.90 Å². The fourth-order valence-corrected chi connectivity index (χ4v) is 4.29. The van der Waals surface area contributed by atoms with E-state index in [1.807, 2.05) is 0 Å². The molecule has 0 saturated carbocycles. The predicted molar refractivity (Wildman–Crippen MR) is 68.3 cm³/mol. The number of hydrogen-bond acceptors (Lipinski definition) is 3. The Kier molecular flexibility index (Phi) is 3.97. The third-order valence-electron chi connectivity index (χ3n) is 4.12. The van der Waals surface area contributed by atoms with Gasteiger partial charge in [-0.1, -0.05) is 6.92 Å². The van der Waals surface area contributed by atoms with Crippen LogP contribution in [0, 0.1) is 5.92 Å². The van der Waals surface area contributed by atoms with E-state index in [1.54, 1.807) is 0 Å². The molecule has 88 valence electrons. The molecule has 2 fully saturated rings. The molecule has 0 radical (unpaired) electrons. The van der Waals surface area contributed by atoms with Crippen molar-refractivity contribution >= 4 is 11.8 Å². The first kappa shape index (κ1) is 11.7. The largest absolute Gasteiger partial charge is 0.330 e. The van der Waals surface area contributed by atoms with E-state index in [1.165, 1.54) is 31.6 Å². The molecule has 0 amide bonds. The monoisotopic (exact) mass is 228 g/mol. The molecule has 0 spiro atoms. The molecule has 0 aromatic heterocycles. The van der Waals surface area contributed by atoms with E-state index >= 15 is 0 Å². The van der Waals surface area contributed by atoms with Crippen molar-refractivity contribution in [1.29, 1.82) is 0 Å². The molecule has 0 bridgehead atoms. The number of nitrogens with zero attached hydrogens (tertiary/aromatic N) is 1. The first-order valence-electron chi connectivity index (χ1n) is 6.29. The van der Waals surface area contributed by atoms with Crippen LogP contribution in [0.3, 0.4) is 0 Å². The lowest BCUT2D eigenvalue weighted by molar-refractivity contribution is 0.0756. The summed E-state index contributed by atoms with van der Waals surface area (Å²) in [6.45, 7) is 6.90. The van der Waals surface area contributed by atoms with Gasteiger partial charge in [0, 0.05) is 23.9 Å². The van der Waals surface area contributed by atoms with E-state index in [0.29, 0.717) is 0 Å². The highest BCUT2D eigenvalue weighted by molar-refractivity contribution is 8.00. The van der Waals surface area contributed by atoms with Gasteiger partial charge in [-0.15, -0.1) is 0 Å². The van der Waals surface area contributed by atoms with Crippen molar-refractivity contribution in [3.63, 3.8) is 0 Å². The number of nitrogens with two attached hydrogens (primary N) is 1. The summed E-state index contributed by atoms with van der Waals surface area (Å²) < 4.78 is 0. The van der Waals surface area contributed by atoms with Gasteiger partial charge in [-0.05, 0) is 44.4 Å². The Labute approximate surface area is 98.0 Å². The number of thioether (sulfide) groups is 1. The normalized spacial score (nSPS) is 43.4. The number of piperidine rings is 1. The van der Waals surface area contributed by atoms with Crippen molar-refractivity contribution in [2.45, 2.75) is 50.4 Å². The van der Waals surface area contributed by atoms with Crippen molar-refractivity contribution in [3.8, 4) is 0 Å². The van der Waals surface area contributed by atoms with Crippen LogP contribution in [0.5, 0.6) is 0 Å². The van der Waals surface area contributed by atoms with Crippen LogP contribution in [0.25, 0.3) is 0 Å². The fraction of sp³-hybridized carbons (Fsp3) is 1.00. The summed E-state index contributed by atoms with van der Waals surface area (Å²) in [5, 5.41) is 0.823. The molecule has 2 nitrogen and oxygen atoms in total. The van der Waals surface area contributed by atoms with Crippen LogP contribution < -0.4 is 5.73 Å². The lowest BCUT2D eigenvalue weighted by Gasteiger charge is -2.42. The highest BCUT2D eigenvalue weighted by atomic mass is 32.2. The minimum absolute atomic E-state index is 0.749. The summed E-state index contributed by atoms with van der Waals surface area (Å²) in [6.07, 6.45) is 4.06. The van der Waals surface area contributed by atoms with E-state index in [9.17, 15) is 0 Å².